The molecule has 56 valence electrons. The zero-order chi connectivity index (χ0) is 7.33. The monoisotopic (exact) mass is 216 g/mol. The van der Waals surface area contributed by atoms with Crippen molar-refractivity contribution in [1.82, 2.24) is 0 Å². The summed E-state index contributed by atoms with van der Waals surface area (Å²) in [6, 6.07) is 0. The molecule has 0 aromatic carbocycles. The van der Waals surface area contributed by atoms with Crippen molar-refractivity contribution in [2.24, 2.45) is 0 Å². The van der Waals surface area contributed by atoms with E-state index in [0.717, 1.165) is 12.8 Å². The molecule has 0 bridgehead atoms. The van der Waals surface area contributed by atoms with Gasteiger partial charge in [0, 0.05) is 15.5 Å². The Balaban J connectivity index is 3.18. The molecular weight excluding hydrogens is 207 g/mol. The molecule has 1 N–H and O–H groups in total. The van der Waals surface area contributed by atoms with E-state index in [4.69, 9.17) is 4.89 Å². The molecule has 5 heteroatoms. The Kier molecular flexibility index (Phi) is 4.76. The molecule has 3 nitrogen and oxygen atoms in total. The highest BCUT2D eigenvalue weighted by molar-refractivity contribution is 9.39. The van der Waals surface area contributed by atoms with Gasteiger partial charge in [0.1, 0.15) is 0 Å². The second kappa shape index (κ2) is 4.45. The minimum absolute atomic E-state index is 0.343. The lowest BCUT2D eigenvalue weighted by atomic mass is 10.4. The first kappa shape index (κ1) is 9.63. The van der Waals surface area contributed by atoms with Crippen molar-refractivity contribution in [3.63, 3.8) is 0 Å². The number of hydrogen-bond donors (Lipinski definition) is 1. The van der Waals surface area contributed by atoms with E-state index in [1.807, 2.05) is 6.92 Å². The molecule has 0 amide bonds. The second-order valence-electron chi connectivity index (χ2n) is 1.64. The molecule has 0 saturated heterocycles. The van der Waals surface area contributed by atoms with E-state index < -0.39 is 6.30 Å². The summed E-state index contributed by atoms with van der Waals surface area (Å²) in [6.45, 7) is 2.33. The van der Waals surface area contributed by atoms with Crippen LogP contribution < -0.4 is 0 Å². The Bertz CT molecular complexity index is 110. The first-order valence-electron chi connectivity index (χ1n) is 2.73. The van der Waals surface area contributed by atoms with Crippen LogP contribution in [-0.4, -0.2) is 11.5 Å². The summed E-state index contributed by atoms with van der Waals surface area (Å²) in [5, 5.41) is 0. The molecule has 0 aliphatic heterocycles. The van der Waals surface area contributed by atoms with Crippen LogP contribution in [0.25, 0.3) is 0 Å². The van der Waals surface area contributed by atoms with Crippen LogP contribution in [0.4, 0.5) is 0 Å². The molecule has 0 aromatic heterocycles. The Labute approximate surface area is 62.7 Å². The molecule has 0 aliphatic rings. The van der Waals surface area contributed by atoms with Crippen molar-refractivity contribution in [2.45, 2.75) is 19.8 Å². The zero-order valence-electron chi connectivity index (χ0n) is 5.21. The quantitative estimate of drug-likeness (QED) is 0.580. The van der Waals surface area contributed by atoms with Crippen LogP contribution in [0.2, 0.25) is 0 Å². The Morgan fingerprint density at radius 2 is 2.33 bits per heavy atom. The molecule has 0 aliphatic carbocycles. The van der Waals surface area contributed by atoms with Crippen LogP contribution in [0, 0.1) is 0 Å². The lowest BCUT2D eigenvalue weighted by Gasteiger charge is -2.02. The molecule has 0 aromatic rings. The van der Waals surface area contributed by atoms with Gasteiger partial charge in [-0.3, -0.25) is 0 Å². The molecule has 0 fully saturated rings. The van der Waals surface area contributed by atoms with E-state index in [1.165, 1.54) is 0 Å². The SMILES string of the molecule is CCCCOP(=O)(O)Br. The summed E-state index contributed by atoms with van der Waals surface area (Å²) < 4.78 is 14.8. The summed E-state index contributed by atoms with van der Waals surface area (Å²) in [4.78, 5) is 8.49. The van der Waals surface area contributed by atoms with Crippen molar-refractivity contribution in [1.29, 1.82) is 0 Å². The van der Waals surface area contributed by atoms with Crippen LogP contribution in [0.3, 0.4) is 0 Å². The average molecular weight is 217 g/mol. The fourth-order valence-corrected chi connectivity index (χ4v) is 1.11. The highest BCUT2D eigenvalue weighted by Gasteiger charge is 2.10. The fourth-order valence-electron chi connectivity index (χ4n) is 0.321. The smallest absolute Gasteiger partial charge is 0.316 e. The van der Waals surface area contributed by atoms with E-state index in [0.29, 0.717) is 6.61 Å². The molecule has 0 radical (unpaired) electrons. The Hall–Kier alpha value is 0.630. The molecule has 0 rings (SSSR count). The third-order valence-corrected chi connectivity index (χ3v) is 1.86. The molecule has 1 atom stereocenters. The Morgan fingerprint density at radius 1 is 1.78 bits per heavy atom. The van der Waals surface area contributed by atoms with Gasteiger partial charge in [0.05, 0.1) is 6.61 Å². The van der Waals surface area contributed by atoms with E-state index >= 15 is 0 Å². The zero-order valence-corrected chi connectivity index (χ0v) is 7.69. The van der Waals surface area contributed by atoms with Gasteiger partial charge in [-0.2, -0.15) is 0 Å². The lowest BCUT2D eigenvalue weighted by molar-refractivity contribution is 0.272. The maximum absolute atomic E-state index is 10.3. The number of hydrogen-bond acceptors (Lipinski definition) is 2. The first-order valence-corrected chi connectivity index (χ1v) is 6.33. The summed E-state index contributed by atoms with van der Waals surface area (Å²) >= 11 is 2.50. The largest absolute Gasteiger partial charge is 0.393 e. The van der Waals surface area contributed by atoms with Gasteiger partial charge in [-0.05, 0) is 6.42 Å². The van der Waals surface area contributed by atoms with Crippen molar-refractivity contribution >= 4 is 21.8 Å². The molecular formula is C4H10BrO3P. The topological polar surface area (TPSA) is 46.5 Å². The number of halogens is 1. The van der Waals surface area contributed by atoms with Crippen LogP contribution in [0.5, 0.6) is 0 Å². The standard InChI is InChI=1S/C4H10BrO3P/c1-2-3-4-8-9(5,6)7/h2-4H2,1H3,(H,6,7). The van der Waals surface area contributed by atoms with Gasteiger partial charge in [0.15, 0.2) is 0 Å². The minimum atomic E-state index is -3.38. The first-order chi connectivity index (χ1) is 4.06. The van der Waals surface area contributed by atoms with E-state index in [1.54, 1.807) is 0 Å². The summed E-state index contributed by atoms with van der Waals surface area (Å²) in [6.07, 6.45) is -1.60. The van der Waals surface area contributed by atoms with Crippen molar-refractivity contribution in [3.8, 4) is 0 Å². The maximum atomic E-state index is 10.3. The molecule has 9 heavy (non-hydrogen) atoms. The van der Waals surface area contributed by atoms with Gasteiger partial charge in [-0.15, -0.1) is 0 Å². The van der Waals surface area contributed by atoms with Gasteiger partial charge < -0.3 is 9.42 Å². The molecule has 0 spiro atoms. The number of rotatable bonds is 4. The predicted molar refractivity (Wildman–Crippen MR) is 39.6 cm³/mol. The summed E-state index contributed by atoms with van der Waals surface area (Å²) in [5.41, 5.74) is 0. The summed E-state index contributed by atoms with van der Waals surface area (Å²) in [7, 11) is 0. The Morgan fingerprint density at radius 3 is 2.67 bits per heavy atom. The van der Waals surface area contributed by atoms with Crippen molar-refractivity contribution < 1.29 is 14.0 Å². The lowest BCUT2D eigenvalue weighted by Crippen LogP contribution is -1.86. The van der Waals surface area contributed by atoms with Crippen molar-refractivity contribution in [2.75, 3.05) is 6.61 Å². The second-order valence-corrected chi connectivity index (χ2v) is 5.49. The predicted octanol–water partition coefficient (Wildman–Crippen LogP) is 2.30. The maximum Gasteiger partial charge on any atom is 0.393 e. The van der Waals surface area contributed by atoms with Crippen molar-refractivity contribution in [3.05, 3.63) is 0 Å². The van der Waals surface area contributed by atoms with Crippen LogP contribution in [0.15, 0.2) is 0 Å². The molecule has 1 unspecified atom stereocenters. The van der Waals surface area contributed by atoms with Gasteiger partial charge >= 0.3 is 6.30 Å². The van der Waals surface area contributed by atoms with Crippen LogP contribution in [-0.2, 0) is 9.09 Å². The third kappa shape index (κ3) is 8.63. The normalized spacial score (nSPS) is 17.2. The average Bonchev–Trinajstić information content (AvgIpc) is 1.63. The minimum Gasteiger partial charge on any atom is -0.316 e. The van der Waals surface area contributed by atoms with E-state index in [9.17, 15) is 4.57 Å². The molecule has 0 heterocycles. The van der Waals surface area contributed by atoms with Crippen LogP contribution in [0.1, 0.15) is 19.8 Å². The van der Waals surface area contributed by atoms with Gasteiger partial charge in [0.25, 0.3) is 0 Å². The van der Waals surface area contributed by atoms with E-state index in [2.05, 4.69) is 20.0 Å². The highest BCUT2D eigenvalue weighted by Crippen LogP contribution is 2.50. The number of unbranched alkanes of at least 4 members (excludes halogenated alkanes) is 1. The third-order valence-electron chi connectivity index (χ3n) is 0.748. The van der Waals surface area contributed by atoms with E-state index in [-0.39, 0.29) is 0 Å². The van der Waals surface area contributed by atoms with Gasteiger partial charge in [0.2, 0.25) is 0 Å². The fraction of sp³-hybridized carbons (Fsp3) is 1.00. The van der Waals surface area contributed by atoms with Crippen LogP contribution >= 0.6 is 21.8 Å². The van der Waals surface area contributed by atoms with Gasteiger partial charge in [-0.25, -0.2) is 4.57 Å². The van der Waals surface area contributed by atoms with Gasteiger partial charge in [-0.1, -0.05) is 13.3 Å². The summed E-state index contributed by atoms with van der Waals surface area (Å²) in [5.74, 6) is 0. The highest BCUT2D eigenvalue weighted by atomic mass is 79.9. The molecule has 0 saturated carbocycles.